The highest BCUT2D eigenvalue weighted by atomic mass is 16.2. The predicted octanol–water partition coefficient (Wildman–Crippen LogP) is -0.0617. The largest absolute Gasteiger partial charge is 0.351 e. The molecular formula is C12H15N3O2. The summed E-state index contributed by atoms with van der Waals surface area (Å²) in [6.45, 7) is 0.113. The van der Waals surface area contributed by atoms with Crippen molar-refractivity contribution in [3.05, 3.63) is 35.4 Å². The third-order valence-corrected chi connectivity index (χ3v) is 2.86. The molecule has 1 aliphatic carbocycles. The van der Waals surface area contributed by atoms with Crippen LogP contribution in [-0.4, -0.2) is 24.5 Å². The summed E-state index contributed by atoms with van der Waals surface area (Å²) in [7, 11) is 0. The topological polar surface area (TPSA) is 84.2 Å². The van der Waals surface area contributed by atoms with Crippen molar-refractivity contribution in [3.8, 4) is 0 Å². The quantitative estimate of drug-likeness (QED) is 0.683. The van der Waals surface area contributed by atoms with Gasteiger partial charge in [0, 0.05) is 6.04 Å². The van der Waals surface area contributed by atoms with E-state index in [4.69, 9.17) is 5.73 Å². The van der Waals surface area contributed by atoms with Crippen molar-refractivity contribution in [2.45, 2.75) is 18.9 Å². The molecule has 0 aliphatic heterocycles. The maximum atomic E-state index is 11.2. The number of primary amides is 1. The summed E-state index contributed by atoms with van der Waals surface area (Å²) in [6.07, 6.45) is 1.83. The van der Waals surface area contributed by atoms with Gasteiger partial charge in [-0.25, -0.2) is 4.79 Å². The minimum Gasteiger partial charge on any atom is -0.351 e. The Bertz CT molecular complexity index is 420. The van der Waals surface area contributed by atoms with Gasteiger partial charge in [-0.2, -0.15) is 0 Å². The van der Waals surface area contributed by atoms with Crippen LogP contribution in [0.1, 0.15) is 11.1 Å². The van der Waals surface area contributed by atoms with Crippen LogP contribution in [0.15, 0.2) is 24.3 Å². The van der Waals surface area contributed by atoms with E-state index in [0.29, 0.717) is 0 Å². The van der Waals surface area contributed by atoms with Crippen LogP contribution in [-0.2, 0) is 17.6 Å². The number of carbonyl (C=O) groups excluding carboxylic acids is 2. The number of fused-ring (bicyclic) bond motifs is 1. The van der Waals surface area contributed by atoms with Crippen LogP contribution in [0.3, 0.4) is 0 Å². The van der Waals surface area contributed by atoms with Gasteiger partial charge in [-0.15, -0.1) is 0 Å². The molecule has 0 saturated carbocycles. The maximum absolute atomic E-state index is 11.2. The second-order valence-corrected chi connectivity index (χ2v) is 4.17. The number of carbonyl (C=O) groups is 2. The molecule has 0 unspecified atom stereocenters. The fourth-order valence-corrected chi connectivity index (χ4v) is 2.12. The van der Waals surface area contributed by atoms with Crippen LogP contribution in [0.4, 0.5) is 4.79 Å². The Kier molecular flexibility index (Phi) is 3.39. The van der Waals surface area contributed by atoms with Crippen LogP contribution in [0.25, 0.3) is 0 Å². The van der Waals surface area contributed by atoms with E-state index in [1.54, 1.807) is 0 Å². The molecule has 0 radical (unpaired) electrons. The summed E-state index contributed by atoms with van der Waals surface area (Å²) in [5.74, 6) is -0.395. The fourth-order valence-electron chi connectivity index (χ4n) is 2.12. The van der Waals surface area contributed by atoms with Crippen molar-refractivity contribution in [2.24, 2.45) is 5.73 Å². The molecule has 0 heterocycles. The van der Waals surface area contributed by atoms with Crippen molar-refractivity contribution >= 4 is 11.9 Å². The van der Waals surface area contributed by atoms with Crippen LogP contribution in [0, 0.1) is 0 Å². The first-order valence-electron chi connectivity index (χ1n) is 5.54. The Morgan fingerprint density at radius 3 is 2.35 bits per heavy atom. The van der Waals surface area contributed by atoms with Gasteiger partial charge in [0.05, 0.1) is 6.54 Å². The average molecular weight is 233 g/mol. The molecule has 5 nitrogen and oxygen atoms in total. The van der Waals surface area contributed by atoms with Gasteiger partial charge in [0.2, 0.25) is 5.91 Å². The van der Waals surface area contributed by atoms with Gasteiger partial charge in [0.1, 0.15) is 0 Å². The first-order valence-corrected chi connectivity index (χ1v) is 5.54. The van der Waals surface area contributed by atoms with Crippen molar-refractivity contribution in [1.29, 1.82) is 0 Å². The van der Waals surface area contributed by atoms with E-state index in [1.165, 1.54) is 11.1 Å². The van der Waals surface area contributed by atoms with Gasteiger partial charge in [0.25, 0.3) is 0 Å². The molecule has 0 saturated heterocycles. The van der Waals surface area contributed by atoms with Gasteiger partial charge < -0.3 is 11.1 Å². The predicted molar refractivity (Wildman–Crippen MR) is 63.4 cm³/mol. The number of benzene rings is 1. The molecule has 1 aromatic carbocycles. The number of hydrogen-bond acceptors (Lipinski definition) is 3. The number of rotatable bonds is 3. The smallest absolute Gasteiger partial charge is 0.318 e. The van der Waals surface area contributed by atoms with Crippen molar-refractivity contribution < 1.29 is 9.59 Å². The molecule has 17 heavy (non-hydrogen) atoms. The third-order valence-electron chi connectivity index (χ3n) is 2.86. The second-order valence-electron chi connectivity index (χ2n) is 4.17. The maximum Gasteiger partial charge on any atom is 0.318 e. The molecule has 0 aromatic heterocycles. The average Bonchev–Trinajstić information content (AvgIpc) is 2.68. The van der Waals surface area contributed by atoms with Gasteiger partial charge in [-0.1, -0.05) is 24.3 Å². The Hall–Kier alpha value is -1.88. The van der Waals surface area contributed by atoms with Gasteiger partial charge in [-0.05, 0) is 24.0 Å². The molecule has 0 atom stereocenters. The number of nitrogens with one attached hydrogen (secondary N) is 2. The highest BCUT2D eigenvalue weighted by molar-refractivity contribution is 5.94. The Labute approximate surface area is 99.4 Å². The summed E-state index contributed by atoms with van der Waals surface area (Å²) in [4.78, 5) is 21.7. The first kappa shape index (κ1) is 11.6. The summed E-state index contributed by atoms with van der Waals surface area (Å²) < 4.78 is 0. The van der Waals surface area contributed by atoms with Crippen LogP contribution in [0.5, 0.6) is 0 Å². The molecular weight excluding hydrogens is 218 g/mol. The normalized spacial score (nSPS) is 14.4. The molecule has 0 fully saturated rings. The second kappa shape index (κ2) is 4.97. The monoisotopic (exact) mass is 233 g/mol. The van der Waals surface area contributed by atoms with Crippen LogP contribution < -0.4 is 16.4 Å². The SMILES string of the molecule is NC(=O)NC(=O)CNC1Cc2ccccc2C1. The molecule has 4 N–H and O–H groups in total. The number of amides is 3. The fraction of sp³-hybridized carbons (Fsp3) is 0.333. The summed E-state index contributed by atoms with van der Waals surface area (Å²) in [6, 6.07) is 7.67. The van der Waals surface area contributed by atoms with E-state index >= 15 is 0 Å². The van der Waals surface area contributed by atoms with Crippen molar-refractivity contribution in [3.63, 3.8) is 0 Å². The lowest BCUT2D eigenvalue weighted by molar-refractivity contribution is -0.119. The van der Waals surface area contributed by atoms with E-state index in [0.717, 1.165) is 12.8 Å². The Morgan fingerprint density at radius 1 is 1.24 bits per heavy atom. The molecule has 2 rings (SSSR count). The molecule has 5 heteroatoms. The van der Waals surface area contributed by atoms with E-state index in [2.05, 4.69) is 17.4 Å². The zero-order chi connectivity index (χ0) is 12.3. The standard InChI is InChI=1S/C12H15N3O2/c13-12(17)15-11(16)7-14-10-5-8-3-1-2-4-9(8)6-10/h1-4,10,14H,5-7H2,(H3,13,15,16,17). The van der Waals surface area contributed by atoms with E-state index in [1.807, 2.05) is 17.4 Å². The van der Waals surface area contributed by atoms with E-state index < -0.39 is 11.9 Å². The Morgan fingerprint density at radius 2 is 1.82 bits per heavy atom. The molecule has 90 valence electrons. The summed E-state index contributed by atoms with van der Waals surface area (Å²) in [5, 5.41) is 5.14. The lowest BCUT2D eigenvalue weighted by Crippen LogP contribution is -2.43. The highest BCUT2D eigenvalue weighted by Crippen LogP contribution is 2.21. The van der Waals surface area contributed by atoms with Crippen molar-refractivity contribution in [1.82, 2.24) is 10.6 Å². The molecule has 1 aromatic rings. The van der Waals surface area contributed by atoms with Crippen LogP contribution >= 0.6 is 0 Å². The molecule has 1 aliphatic rings. The lowest BCUT2D eigenvalue weighted by Gasteiger charge is -2.10. The van der Waals surface area contributed by atoms with E-state index in [9.17, 15) is 9.59 Å². The minimum atomic E-state index is -0.813. The van der Waals surface area contributed by atoms with Gasteiger partial charge in [-0.3, -0.25) is 10.1 Å². The minimum absolute atomic E-state index is 0.113. The Balaban J connectivity index is 1.80. The number of nitrogens with two attached hydrogens (primary N) is 1. The molecule has 0 bridgehead atoms. The van der Waals surface area contributed by atoms with Crippen molar-refractivity contribution in [2.75, 3.05) is 6.54 Å². The number of urea groups is 1. The van der Waals surface area contributed by atoms with E-state index in [-0.39, 0.29) is 12.6 Å². The summed E-state index contributed by atoms with van der Waals surface area (Å²) >= 11 is 0. The highest BCUT2D eigenvalue weighted by Gasteiger charge is 2.20. The molecule has 0 spiro atoms. The summed E-state index contributed by atoms with van der Waals surface area (Å²) in [5.41, 5.74) is 7.49. The van der Waals surface area contributed by atoms with Gasteiger partial charge >= 0.3 is 6.03 Å². The number of hydrogen-bond donors (Lipinski definition) is 3. The van der Waals surface area contributed by atoms with Gasteiger partial charge in [0.15, 0.2) is 0 Å². The number of imide groups is 1. The van der Waals surface area contributed by atoms with Crippen LogP contribution in [0.2, 0.25) is 0 Å². The zero-order valence-electron chi connectivity index (χ0n) is 9.40. The lowest BCUT2D eigenvalue weighted by atomic mass is 10.1. The molecule has 3 amide bonds. The zero-order valence-corrected chi connectivity index (χ0v) is 9.40. The first-order chi connectivity index (χ1) is 8.15. The third kappa shape index (κ3) is 3.04.